The molecule has 0 aliphatic rings. The van der Waals surface area contributed by atoms with Gasteiger partial charge in [0.05, 0.1) is 6.61 Å². The van der Waals surface area contributed by atoms with Gasteiger partial charge < -0.3 is 10.5 Å². The zero-order valence-electron chi connectivity index (χ0n) is 8.45. The molecule has 0 aliphatic carbocycles. The second-order valence-corrected chi connectivity index (χ2v) is 2.25. The standard InChI is InChI=1S/C4H7NO4.C2H4N2O3/c1-2-9-4(6)3-5(7)8;3-2(5)1-4(6)7/h2-3H2,1H3;1H2,(H2,3,5). The molecule has 10 heteroatoms. The molecule has 0 aliphatic heterocycles. The number of hydrogen-bond donors (Lipinski definition) is 1. The van der Waals surface area contributed by atoms with E-state index in [2.05, 4.69) is 10.5 Å². The average Bonchev–Trinajstić information content (AvgIpc) is 2.00. The van der Waals surface area contributed by atoms with Crippen LogP contribution in [0.3, 0.4) is 0 Å². The summed E-state index contributed by atoms with van der Waals surface area (Å²) in [6, 6.07) is 0. The number of nitrogens with two attached hydrogens (primary N) is 1. The Morgan fingerprint density at radius 3 is 1.81 bits per heavy atom. The van der Waals surface area contributed by atoms with E-state index >= 15 is 0 Å². The number of carbonyl (C=O) groups excluding carboxylic acids is 2. The van der Waals surface area contributed by atoms with Gasteiger partial charge in [0.1, 0.15) is 0 Å². The summed E-state index contributed by atoms with van der Waals surface area (Å²) in [5.41, 5.74) is 4.41. The van der Waals surface area contributed by atoms with Gasteiger partial charge in [-0.25, -0.2) is 4.79 Å². The molecule has 0 saturated heterocycles. The van der Waals surface area contributed by atoms with E-state index in [-0.39, 0.29) is 6.61 Å². The minimum atomic E-state index is -0.912. The number of esters is 1. The summed E-state index contributed by atoms with van der Waals surface area (Å²) >= 11 is 0. The molecule has 92 valence electrons. The molecule has 0 aromatic carbocycles. The Bertz CT molecular complexity index is 265. The summed E-state index contributed by atoms with van der Waals surface area (Å²) in [7, 11) is 0. The van der Waals surface area contributed by atoms with Gasteiger partial charge in [0.25, 0.3) is 19.0 Å². The highest BCUT2D eigenvalue weighted by molar-refractivity contribution is 5.74. The molecular weight excluding hydrogens is 226 g/mol. The monoisotopic (exact) mass is 237 g/mol. The highest BCUT2D eigenvalue weighted by Crippen LogP contribution is 1.77. The molecule has 0 aromatic heterocycles. The third-order valence-electron chi connectivity index (χ3n) is 0.848. The van der Waals surface area contributed by atoms with Gasteiger partial charge >= 0.3 is 5.97 Å². The first-order valence-electron chi connectivity index (χ1n) is 3.97. The van der Waals surface area contributed by atoms with E-state index in [1.54, 1.807) is 6.92 Å². The SMILES string of the molecule is CCOC(=O)C[N+](=O)[O-].NC(=O)C[N+](=O)[O-]. The Balaban J connectivity index is 0. The molecule has 0 spiro atoms. The van der Waals surface area contributed by atoms with Crippen molar-refractivity contribution in [2.75, 3.05) is 19.7 Å². The fraction of sp³-hybridized carbons (Fsp3) is 0.667. The van der Waals surface area contributed by atoms with Crippen LogP contribution in [-0.2, 0) is 14.3 Å². The second-order valence-electron chi connectivity index (χ2n) is 2.25. The van der Waals surface area contributed by atoms with Gasteiger partial charge in [-0.2, -0.15) is 0 Å². The largest absolute Gasteiger partial charge is 0.461 e. The molecule has 0 rings (SSSR count). The average molecular weight is 237 g/mol. The van der Waals surface area contributed by atoms with E-state index in [1.165, 1.54) is 0 Å². The van der Waals surface area contributed by atoms with Crippen molar-refractivity contribution in [3.63, 3.8) is 0 Å². The zero-order valence-corrected chi connectivity index (χ0v) is 8.45. The quantitative estimate of drug-likeness (QED) is 0.349. The van der Waals surface area contributed by atoms with Gasteiger partial charge in [-0.3, -0.25) is 25.0 Å². The first-order valence-corrected chi connectivity index (χ1v) is 3.97. The van der Waals surface area contributed by atoms with E-state index < -0.39 is 34.8 Å². The van der Waals surface area contributed by atoms with Crippen LogP contribution in [-0.4, -0.2) is 41.4 Å². The molecule has 10 nitrogen and oxygen atoms in total. The van der Waals surface area contributed by atoms with Gasteiger partial charge in [-0.1, -0.05) is 0 Å². The lowest BCUT2D eigenvalue weighted by atomic mass is 10.7. The summed E-state index contributed by atoms with van der Waals surface area (Å²) in [5.74, 6) is -1.70. The number of nitro groups is 2. The predicted octanol–water partition coefficient (Wildman–Crippen LogP) is -1.43. The predicted molar refractivity (Wildman–Crippen MR) is 49.6 cm³/mol. The van der Waals surface area contributed by atoms with E-state index in [4.69, 9.17) is 0 Å². The number of carbonyl (C=O) groups is 2. The number of nitrogens with zero attached hydrogens (tertiary/aromatic N) is 2. The van der Waals surface area contributed by atoms with Crippen molar-refractivity contribution >= 4 is 11.9 Å². The van der Waals surface area contributed by atoms with Crippen molar-refractivity contribution in [2.45, 2.75) is 6.92 Å². The Morgan fingerprint density at radius 2 is 1.62 bits per heavy atom. The van der Waals surface area contributed by atoms with Crippen molar-refractivity contribution in [1.82, 2.24) is 0 Å². The topological polar surface area (TPSA) is 156 Å². The number of rotatable bonds is 5. The van der Waals surface area contributed by atoms with Crippen molar-refractivity contribution < 1.29 is 24.2 Å². The lowest BCUT2D eigenvalue weighted by molar-refractivity contribution is -0.470. The fourth-order valence-corrected chi connectivity index (χ4v) is 0.439. The number of hydrogen-bond acceptors (Lipinski definition) is 7. The maximum atomic E-state index is 10.2. The third-order valence-corrected chi connectivity index (χ3v) is 0.848. The Morgan fingerprint density at radius 1 is 1.19 bits per heavy atom. The number of primary amides is 1. The number of ether oxygens (including phenoxy) is 1. The first-order chi connectivity index (χ1) is 7.29. The molecule has 0 heterocycles. The minimum Gasteiger partial charge on any atom is -0.461 e. The van der Waals surface area contributed by atoms with Crippen molar-refractivity contribution in [3.8, 4) is 0 Å². The van der Waals surface area contributed by atoms with Crippen LogP contribution in [0.15, 0.2) is 0 Å². The summed E-state index contributed by atoms with van der Waals surface area (Å²) in [5, 5.41) is 18.9. The van der Waals surface area contributed by atoms with Crippen LogP contribution in [0.4, 0.5) is 0 Å². The lowest BCUT2D eigenvalue weighted by Gasteiger charge is -1.93. The molecule has 0 radical (unpaired) electrons. The van der Waals surface area contributed by atoms with Crippen LogP contribution >= 0.6 is 0 Å². The zero-order chi connectivity index (χ0) is 13.1. The molecule has 0 unspecified atom stereocenters. The summed E-state index contributed by atoms with van der Waals surface area (Å²) < 4.78 is 4.27. The Kier molecular flexibility index (Phi) is 9.41. The molecule has 0 atom stereocenters. The smallest absolute Gasteiger partial charge is 0.378 e. The van der Waals surface area contributed by atoms with E-state index in [9.17, 15) is 29.8 Å². The van der Waals surface area contributed by atoms with Crippen LogP contribution in [0.5, 0.6) is 0 Å². The van der Waals surface area contributed by atoms with Gasteiger partial charge in [0, 0.05) is 9.85 Å². The van der Waals surface area contributed by atoms with Crippen LogP contribution in [0, 0.1) is 20.2 Å². The van der Waals surface area contributed by atoms with Crippen molar-refractivity contribution in [2.24, 2.45) is 5.73 Å². The van der Waals surface area contributed by atoms with Crippen molar-refractivity contribution in [3.05, 3.63) is 20.2 Å². The summed E-state index contributed by atoms with van der Waals surface area (Å²) in [6.07, 6.45) is 0. The second kappa shape index (κ2) is 9.30. The molecule has 0 saturated carbocycles. The van der Waals surface area contributed by atoms with E-state index in [1.807, 2.05) is 0 Å². The highest BCUT2D eigenvalue weighted by atomic mass is 16.6. The Labute approximate surface area is 89.7 Å². The normalized spacial score (nSPS) is 8.31. The van der Waals surface area contributed by atoms with Crippen LogP contribution < -0.4 is 5.73 Å². The fourth-order valence-electron chi connectivity index (χ4n) is 0.439. The Hall–Kier alpha value is -2.26. The maximum Gasteiger partial charge on any atom is 0.378 e. The molecular formula is C6H11N3O7. The summed E-state index contributed by atoms with van der Waals surface area (Å²) in [6.45, 7) is 0.262. The van der Waals surface area contributed by atoms with Crippen LogP contribution in [0.1, 0.15) is 6.92 Å². The highest BCUT2D eigenvalue weighted by Gasteiger charge is 2.08. The van der Waals surface area contributed by atoms with E-state index in [0.717, 1.165) is 0 Å². The third kappa shape index (κ3) is 17.7. The molecule has 0 fully saturated rings. The van der Waals surface area contributed by atoms with Crippen molar-refractivity contribution in [1.29, 1.82) is 0 Å². The van der Waals surface area contributed by atoms with Gasteiger partial charge in [0.15, 0.2) is 0 Å². The molecule has 2 N–H and O–H groups in total. The molecule has 0 aromatic rings. The van der Waals surface area contributed by atoms with Gasteiger partial charge in [-0.05, 0) is 6.92 Å². The van der Waals surface area contributed by atoms with Gasteiger partial charge in [-0.15, -0.1) is 0 Å². The molecule has 0 bridgehead atoms. The van der Waals surface area contributed by atoms with Gasteiger partial charge in [0.2, 0.25) is 0 Å². The van der Waals surface area contributed by atoms with Crippen LogP contribution in [0.25, 0.3) is 0 Å². The maximum absolute atomic E-state index is 10.2. The molecule has 16 heavy (non-hydrogen) atoms. The summed E-state index contributed by atoms with van der Waals surface area (Å²) in [4.78, 5) is 37.2. The van der Waals surface area contributed by atoms with E-state index in [0.29, 0.717) is 0 Å². The number of amides is 1. The van der Waals surface area contributed by atoms with Crippen LogP contribution in [0.2, 0.25) is 0 Å². The lowest BCUT2D eigenvalue weighted by Crippen LogP contribution is -2.21. The minimum absolute atomic E-state index is 0.187. The first kappa shape index (κ1) is 16.2. The molecule has 1 amide bonds.